The van der Waals surface area contributed by atoms with Crippen LogP contribution in [-0.4, -0.2) is 15.5 Å². The van der Waals surface area contributed by atoms with Crippen LogP contribution < -0.4 is 15.2 Å². The van der Waals surface area contributed by atoms with Crippen molar-refractivity contribution < 1.29 is 13.2 Å². The van der Waals surface area contributed by atoms with Gasteiger partial charge in [-0.05, 0) is 36.2 Å². The summed E-state index contributed by atoms with van der Waals surface area (Å²) in [5.41, 5.74) is 7.48. The minimum absolute atomic E-state index is 0.219. The summed E-state index contributed by atoms with van der Waals surface area (Å²) in [7, 11) is -2.20. The van der Waals surface area contributed by atoms with E-state index in [1.165, 1.54) is 7.11 Å². The number of sulfonamides is 1. The molecular weight excluding hydrogens is 288 g/mol. The maximum Gasteiger partial charge on any atom is 0.262 e. The van der Waals surface area contributed by atoms with Gasteiger partial charge >= 0.3 is 0 Å². The first-order chi connectivity index (χ1) is 9.99. The Balaban J connectivity index is 2.44. The standard InChI is InChI=1S/C15H18N2O3S/c1-11-12(10-16)6-5-9-15(11)21(18,19)17-13-7-3-4-8-14(13)20-2/h3-9,17H,10,16H2,1-2H3. The summed E-state index contributed by atoms with van der Waals surface area (Å²) in [6, 6.07) is 11.9. The summed E-state index contributed by atoms with van der Waals surface area (Å²) in [5.74, 6) is 0.466. The van der Waals surface area contributed by atoms with Crippen LogP contribution in [0.3, 0.4) is 0 Å². The number of para-hydroxylation sites is 2. The lowest BCUT2D eigenvalue weighted by Crippen LogP contribution is -2.16. The Bertz CT molecular complexity index is 742. The van der Waals surface area contributed by atoms with Gasteiger partial charge in [-0.25, -0.2) is 8.42 Å². The molecular formula is C15H18N2O3S. The van der Waals surface area contributed by atoms with E-state index < -0.39 is 10.0 Å². The van der Waals surface area contributed by atoms with Crippen molar-refractivity contribution in [3.05, 3.63) is 53.6 Å². The third-order valence-electron chi connectivity index (χ3n) is 3.26. The molecule has 0 fully saturated rings. The van der Waals surface area contributed by atoms with Crippen LogP contribution in [-0.2, 0) is 16.6 Å². The summed E-state index contributed by atoms with van der Waals surface area (Å²) in [5, 5.41) is 0. The smallest absolute Gasteiger partial charge is 0.262 e. The molecule has 0 unspecified atom stereocenters. The summed E-state index contributed by atoms with van der Waals surface area (Å²) in [6.07, 6.45) is 0. The van der Waals surface area contributed by atoms with Gasteiger partial charge in [0, 0.05) is 6.54 Å². The van der Waals surface area contributed by atoms with Crippen molar-refractivity contribution in [2.24, 2.45) is 5.73 Å². The molecule has 2 aromatic rings. The van der Waals surface area contributed by atoms with Crippen molar-refractivity contribution in [1.29, 1.82) is 0 Å². The van der Waals surface area contributed by atoms with E-state index in [-0.39, 0.29) is 4.90 Å². The van der Waals surface area contributed by atoms with Gasteiger partial charge in [-0.15, -0.1) is 0 Å². The van der Waals surface area contributed by atoms with Gasteiger partial charge in [-0.1, -0.05) is 24.3 Å². The zero-order valence-corrected chi connectivity index (χ0v) is 12.8. The van der Waals surface area contributed by atoms with E-state index >= 15 is 0 Å². The first-order valence-electron chi connectivity index (χ1n) is 6.44. The number of benzene rings is 2. The molecule has 112 valence electrons. The molecule has 0 saturated carbocycles. The van der Waals surface area contributed by atoms with Crippen LogP contribution >= 0.6 is 0 Å². The Morgan fingerprint density at radius 1 is 1.14 bits per heavy atom. The van der Waals surface area contributed by atoms with E-state index in [9.17, 15) is 8.42 Å². The monoisotopic (exact) mass is 306 g/mol. The minimum Gasteiger partial charge on any atom is -0.495 e. The molecule has 2 aromatic carbocycles. The van der Waals surface area contributed by atoms with Gasteiger partial charge in [0.2, 0.25) is 0 Å². The first kappa shape index (κ1) is 15.3. The lowest BCUT2D eigenvalue weighted by Gasteiger charge is -2.14. The second-order valence-corrected chi connectivity index (χ2v) is 6.20. The maximum absolute atomic E-state index is 12.6. The number of ether oxygens (including phenoxy) is 1. The molecule has 0 amide bonds. The van der Waals surface area contributed by atoms with Gasteiger partial charge < -0.3 is 10.5 Å². The van der Waals surface area contributed by atoms with Gasteiger partial charge in [0.05, 0.1) is 17.7 Å². The Hall–Kier alpha value is -2.05. The number of hydrogen-bond acceptors (Lipinski definition) is 4. The topological polar surface area (TPSA) is 81.4 Å². The minimum atomic E-state index is -3.69. The highest BCUT2D eigenvalue weighted by atomic mass is 32.2. The molecule has 0 heterocycles. The largest absolute Gasteiger partial charge is 0.495 e. The van der Waals surface area contributed by atoms with Crippen LogP contribution in [0.5, 0.6) is 5.75 Å². The van der Waals surface area contributed by atoms with Crippen molar-refractivity contribution in [2.75, 3.05) is 11.8 Å². The average Bonchev–Trinajstić information content (AvgIpc) is 2.47. The molecule has 5 nitrogen and oxygen atoms in total. The van der Waals surface area contributed by atoms with E-state index in [1.807, 2.05) is 6.07 Å². The van der Waals surface area contributed by atoms with Crippen LogP contribution in [0.15, 0.2) is 47.4 Å². The molecule has 6 heteroatoms. The molecule has 0 atom stereocenters. The molecule has 0 aliphatic heterocycles. The molecule has 2 rings (SSSR count). The molecule has 3 N–H and O–H groups in total. The van der Waals surface area contributed by atoms with Crippen LogP contribution in [0.1, 0.15) is 11.1 Å². The van der Waals surface area contributed by atoms with Crippen molar-refractivity contribution in [1.82, 2.24) is 0 Å². The molecule has 0 spiro atoms. The predicted octanol–water partition coefficient (Wildman–Crippen LogP) is 2.26. The number of rotatable bonds is 5. The van der Waals surface area contributed by atoms with E-state index in [0.29, 0.717) is 23.5 Å². The van der Waals surface area contributed by atoms with Gasteiger partial charge in [-0.3, -0.25) is 4.72 Å². The van der Waals surface area contributed by atoms with E-state index in [1.54, 1.807) is 43.3 Å². The number of nitrogens with two attached hydrogens (primary N) is 1. The summed E-state index contributed by atoms with van der Waals surface area (Å²) >= 11 is 0. The normalized spacial score (nSPS) is 11.2. The molecule has 0 aliphatic rings. The second kappa shape index (κ2) is 6.15. The fourth-order valence-corrected chi connectivity index (χ4v) is 3.46. The summed E-state index contributed by atoms with van der Waals surface area (Å²) in [4.78, 5) is 0.219. The van der Waals surface area contributed by atoms with Crippen LogP contribution in [0.2, 0.25) is 0 Å². The third kappa shape index (κ3) is 3.17. The van der Waals surface area contributed by atoms with Crippen LogP contribution in [0, 0.1) is 6.92 Å². The van der Waals surface area contributed by atoms with Gasteiger partial charge in [0.25, 0.3) is 10.0 Å². The SMILES string of the molecule is COc1ccccc1NS(=O)(=O)c1cccc(CN)c1C. The zero-order valence-electron chi connectivity index (χ0n) is 12.0. The molecule has 0 aromatic heterocycles. The Morgan fingerprint density at radius 2 is 1.86 bits per heavy atom. The Labute approximate surface area is 124 Å². The van der Waals surface area contributed by atoms with Crippen LogP contribution in [0.25, 0.3) is 0 Å². The molecule has 0 radical (unpaired) electrons. The summed E-state index contributed by atoms with van der Waals surface area (Å²) in [6.45, 7) is 2.04. The maximum atomic E-state index is 12.6. The van der Waals surface area contributed by atoms with Gasteiger partial charge in [0.1, 0.15) is 5.75 Å². The van der Waals surface area contributed by atoms with Crippen molar-refractivity contribution in [3.8, 4) is 5.75 Å². The number of nitrogens with one attached hydrogen (secondary N) is 1. The van der Waals surface area contributed by atoms with Crippen molar-refractivity contribution >= 4 is 15.7 Å². The van der Waals surface area contributed by atoms with Crippen molar-refractivity contribution in [2.45, 2.75) is 18.4 Å². The number of hydrogen-bond donors (Lipinski definition) is 2. The van der Waals surface area contributed by atoms with Crippen LogP contribution in [0.4, 0.5) is 5.69 Å². The lowest BCUT2D eigenvalue weighted by atomic mass is 10.1. The lowest BCUT2D eigenvalue weighted by molar-refractivity contribution is 0.417. The molecule has 21 heavy (non-hydrogen) atoms. The summed E-state index contributed by atoms with van der Waals surface area (Å²) < 4.78 is 32.8. The third-order valence-corrected chi connectivity index (χ3v) is 4.77. The average molecular weight is 306 g/mol. The second-order valence-electron chi connectivity index (χ2n) is 4.55. The zero-order chi connectivity index (χ0) is 15.5. The molecule has 0 aliphatic carbocycles. The van der Waals surface area contributed by atoms with Gasteiger partial charge in [0.15, 0.2) is 0 Å². The highest BCUT2D eigenvalue weighted by Gasteiger charge is 2.19. The fraction of sp³-hybridized carbons (Fsp3) is 0.200. The van der Waals surface area contributed by atoms with E-state index in [4.69, 9.17) is 10.5 Å². The Kier molecular flexibility index (Phi) is 4.50. The quantitative estimate of drug-likeness (QED) is 0.888. The highest BCUT2D eigenvalue weighted by Crippen LogP contribution is 2.27. The Morgan fingerprint density at radius 3 is 2.52 bits per heavy atom. The van der Waals surface area contributed by atoms with E-state index in [2.05, 4.69) is 4.72 Å². The molecule has 0 saturated heterocycles. The number of anilines is 1. The van der Waals surface area contributed by atoms with Gasteiger partial charge in [-0.2, -0.15) is 0 Å². The number of methoxy groups -OCH3 is 1. The predicted molar refractivity (Wildman–Crippen MR) is 82.9 cm³/mol. The fourth-order valence-electron chi connectivity index (χ4n) is 2.10. The highest BCUT2D eigenvalue weighted by molar-refractivity contribution is 7.92. The molecule has 0 bridgehead atoms. The van der Waals surface area contributed by atoms with E-state index in [0.717, 1.165) is 5.56 Å². The van der Waals surface area contributed by atoms with Crippen molar-refractivity contribution in [3.63, 3.8) is 0 Å². The first-order valence-corrected chi connectivity index (χ1v) is 7.92.